The molecule has 0 spiro atoms. The molecule has 1 rings (SSSR count). The highest BCUT2D eigenvalue weighted by molar-refractivity contribution is 5.78. The van der Waals surface area contributed by atoms with Crippen molar-refractivity contribution in [3.05, 3.63) is 0 Å². The van der Waals surface area contributed by atoms with Crippen LogP contribution in [0, 0.1) is 5.92 Å². The molecule has 1 aliphatic rings. The van der Waals surface area contributed by atoms with E-state index < -0.39 is 11.7 Å². The van der Waals surface area contributed by atoms with E-state index in [2.05, 4.69) is 29.1 Å². The van der Waals surface area contributed by atoms with E-state index >= 15 is 0 Å². The number of hydrogen-bond donors (Lipinski definition) is 2. The Balaban J connectivity index is 2.57. The Bertz CT molecular complexity index is 394. The van der Waals surface area contributed by atoms with Gasteiger partial charge in [0.1, 0.15) is 5.60 Å². The zero-order chi connectivity index (χ0) is 17.5. The second-order valence-corrected chi connectivity index (χ2v) is 7.60. The summed E-state index contributed by atoms with van der Waals surface area (Å²) >= 11 is 0. The van der Waals surface area contributed by atoms with Gasteiger partial charge in [-0.2, -0.15) is 0 Å². The summed E-state index contributed by atoms with van der Waals surface area (Å²) < 4.78 is 5.32. The number of alkyl carbamates (subject to hydrolysis) is 1. The van der Waals surface area contributed by atoms with Crippen molar-refractivity contribution in [2.24, 2.45) is 16.6 Å². The summed E-state index contributed by atoms with van der Waals surface area (Å²) in [5.41, 5.74) is 5.63. The van der Waals surface area contributed by atoms with Gasteiger partial charge >= 0.3 is 6.09 Å². The third-order valence-corrected chi connectivity index (χ3v) is 3.89. The minimum absolute atomic E-state index is 0.0876. The highest BCUT2D eigenvalue weighted by Crippen LogP contribution is 2.11. The van der Waals surface area contributed by atoms with Gasteiger partial charge in [-0.1, -0.05) is 26.7 Å². The summed E-state index contributed by atoms with van der Waals surface area (Å²) in [7, 11) is 0. The number of carbonyl (C=O) groups is 1. The molecule has 1 amide bonds. The Hall–Kier alpha value is -1.46. The maximum atomic E-state index is 11.9. The second-order valence-electron chi connectivity index (χ2n) is 7.60. The van der Waals surface area contributed by atoms with Gasteiger partial charge in [-0.3, -0.25) is 4.99 Å². The van der Waals surface area contributed by atoms with Crippen molar-refractivity contribution in [3.63, 3.8) is 0 Å². The molecule has 134 valence electrons. The van der Waals surface area contributed by atoms with Crippen molar-refractivity contribution in [2.75, 3.05) is 19.6 Å². The zero-order valence-corrected chi connectivity index (χ0v) is 15.4. The molecule has 0 aromatic heterocycles. The number of guanidine groups is 1. The first kappa shape index (κ1) is 19.6. The lowest BCUT2D eigenvalue weighted by atomic mass is 10.1. The molecule has 1 fully saturated rings. The molecule has 1 unspecified atom stereocenters. The minimum Gasteiger partial charge on any atom is -0.444 e. The second kappa shape index (κ2) is 8.99. The quantitative estimate of drug-likeness (QED) is 0.615. The SMILES string of the molecule is CC(C)C(CN=C(N)N1CCCCCC1)NC(=O)OC(C)(C)C. The Morgan fingerprint density at radius 3 is 2.26 bits per heavy atom. The van der Waals surface area contributed by atoms with E-state index in [1.807, 2.05) is 20.8 Å². The molecule has 1 heterocycles. The third-order valence-electron chi connectivity index (χ3n) is 3.89. The molecule has 1 aliphatic heterocycles. The van der Waals surface area contributed by atoms with E-state index in [0.717, 1.165) is 13.1 Å². The van der Waals surface area contributed by atoms with E-state index in [1.165, 1.54) is 25.7 Å². The largest absolute Gasteiger partial charge is 0.444 e. The first-order valence-corrected chi connectivity index (χ1v) is 8.73. The van der Waals surface area contributed by atoms with Crippen molar-refractivity contribution in [3.8, 4) is 0 Å². The highest BCUT2D eigenvalue weighted by atomic mass is 16.6. The molecular weight excluding hydrogens is 292 g/mol. The van der Waals surface area contributed by atoms with Crippen molar-refractivity contribution in [2.45, 2.75) is 71.9 Å². The van der Waals surface area contributed by atoms with Crippen molar-refractivity contribution >= 4 is 12.1 Å². The Morgan fingerprint density at radius 2 is 1.78 bits per heavy atom. The first-order valence-electron chi connectivity index (χ1n) is 8.73. The predicted molar refractivity (Wildman–Crippen MR) is 94.5 cm³/mol. The summed E-state index contributed by atoms with van der Waals surface area (Å²) in [5, 5.41) is 2.90. The number of aliphatic imine (C=N–C) groups is 1. The average Bonchev–Trinajstić information content (AvgIpc) is 2.69. The van der Waals surface area contributed by atoms with Crippen LogP contribution in [0.4, 0.5) is 4.79 Å². The van der Waals surface area contributed by atoms with E-state index in [0.29, 0.717) is 12.5 Å². The first-order chi connectivity index (χ1) is 10.7. The number of ether oxygens (including phenoxy) is 1. The van der Waals surface area contributed by atoms with Gasteiger partial charge in [-0.15, -0.1) is 0 Å². The van der Waals surface area contributed by atoms with Gasteiger partial charge in [0, 0.05) is 13.1 Å². The van der Waals surface area contributed by atoms with E-state index in [-0.39, 0.29) is 12.0 Å². The van der Waals surface area contributed by atoms with Gasteiger partial charge in [0.25, 0.3) is 0 Å². The fourth-order valence-electron chi connectivity index (χ4n) is 2.47. The van der Waals surface area contributed by atoms with Gasteiger partial charge < -0.3 is 20.7 Å². The predicted octanol–water partition coefficient (Wildman–Crippen LogP) is 2.73. The van der Waals surface area contributed by atoms with Gasteiger partial charge in [0.15, 0.2) is 5.96 Å². The van der Waals surface area contributed by atoms with E-state index in [1.54, 1.807) is 0 Å². The fourth-order valence-corrected chi connectivity index (χ4v) is 2.47. The van der Waals surface area contributed by atoms with Crippen LogP contribution < -0.4 is 11.1 Å². The Kier molecular flexibility index (Phi) is 7.65. The van der Waals surface area contributed by atoms with Crippen LogP contribution >= 0.6 is 0 Å². The van der Waals surface area contributed by atoms with Crippen LogP contribution in [0.3, 0.4) is 0 Å². The summed E-state index contributed by atoms with van der Waals surface area (Å²) in [4.78, 5) is 18.6. The molecule has 1 atom stereocenters. The third kappa shape index (κ3) is 8.09. The molecule has 0 radical (unpaired) electrons. The lowest BCUT2D eigenvalue weighted by molar-refractivity contribution is 0.0493. The van der Waals surface area contributed by atoms with Gasteiger partial charge in [-0.25, -0.2) is 4.79 Å². The standard InChI is InChI=1S/C17H34N4O2/c1-13(2)14(20-16(22)23-17(3,4)5)12-19-15(18)21-10-8-6-7-9-11-21/h13-14H,6-12H2,1-5H3,(H2,18,19)(H,20,22). The maximum Gasteiger partial charge on any atom is 0.407 e. The number of rotatable bonds is 4. The molecule has 3 N–H and O–H groups in total. The number of nitrogens with one attached hydrogen (secondary N) is 1. The number of hydrogen-bond acceptors (Lipinski definition) is 3. The van der Waals surface area contributed by atoms with Gasteiger partial charge in [0.05, 0.1) is 12.6 Å². The molecule has 23 heavy (non-hydrogen) atoms. The molecule has 6 heteroatoms. The number of nitrogens with zero attached hydrogens (tertiary/aromatic N) is 2. The van der Waals surface area contributed by atoms with Crippen molar-refractivity contribution in [1.29, 1.82) is 0 Å². The molecule has 0 aromatic carbocycles. The molecular formula is C17H34N4O2. The topological polar surface area (TPSA) is 80.0 Å². The molecule has 0 aliphatic carbocycles. The van der Waals surface area contributed by atoms with Crippen LogP contribution in [-0.2, 0) is 4.74 Å². The Morgan fingerprint density at radius 1 is 1.22 bits per heavy atom. The number of carbonyl (C=O) groups excluding carboxylic acids is 1. The lowest BCUT2D eigenvalue weighted by Crippen LogP contribution is -2.45. The number of likely N-dealkylation sites (tertiary alicyclic amines) is 1. The van der Waals surface area contributed by atoms with Crippen LogP contribution in [0.2, 0.25) is 0 Å². The smallest absolute Gasteiger partial charge is 0.407 e. The monoisotopic (exact) mass is 326 g/mol. The summed E-state index contributed by atoms with van der Waals surface area (Å²) in [6.07, 6.45) is 4.46. The lowest BCUT2D eigenvalue weighted by Gasteiger charge is -2.26. The maximum absolute atomic E-state index is 11.9. The number of amides is 1. The van der Waals surface area contributed by atoms with E-state index in [9.17, 15) is 4.79 Å². The number of nitrogens with two attached hydrogens (primary N) is 1. The normalized spacial score (nSPS) is 18.5. The Labute approximate surface area is 140 Å². The summed E-state index contributed by atoms with van der Waals surface area (Å²) in [5.74, 6) is 0.840. The molecule has 0 aromatic rings. The summed E-state index contributed by atoms with van der Waals surface area (Å²) in [6, 6.07) is -0.0876. The van der Waals surface area contributed by atoms with Crippen molar-refractivity contribution < 1.29 is 9.53 Å². The molecule has 0 bridgehead atoms. The van der Waals surface area contributed by atoms with Crippen LogP contribution in [0.25, 0.3) is 0 Å². The molecule has 0 saturated carbocycles. The van der Waals surface area contributed by atoms with Crippen LogP contribution in [0.5, 0.6) is 0 Å². The van der Waals surface area contributed by atoms with Crippen LogP contribution in [-0.4, -0.2) is 48.2 Å². The van der Waals surface area contributed by atoms with Crippen LogP contribution in [0.15, 0.2) is 4.99 Å². The summed E-state index contributed by atoms with van der Waals surface area (Å²) in [6.45, 7) is 12.1. The van der Waals surface area contributed by atoms with E-state index in [4.69, 9.17) is 10.5 Å². The molecule has 6 nitrogen and oxygen atoms in total. The van der Waals surface area contributed by atoms with Crippen molar-refractivity contribution in [1.82, 2.24) is 10.2 Å². The highest BCUT2D eigenvalue weighted by Gasteiger charge is 2.21. The average molecular weight is 326 g/mol. The minimum atomic E-state index is -0.500. The zero-order valence-electron chi connectivity index (χ0n) is 15.4. The molecule has 1 saturated heterocycles. The van der Waals surface area contributed by atoms with Crippen LogP contribution in [0.1, 0.15) is 60.3 Å². The van der Waals surface area contributed by atoms with Gasteiger partial charge in [-0.05, 0) is 39.5 Å². The van der Waals surface area contributed by atoms with Gasteiger partial charge in [0.2, 0.25) is 0 Å². The fraction of sp³-hybridized carbons (Fsp3) is 0.882.